The second kappa shape index (κ2) is 5.80. The molecule has 0 bridgehead atoms. The highest BCUT2D eigenvalue weighted by Crippen LogP contribution is 2.52. The van der Waals surface area contributed by atoms with E-state index >= 15 is 0 Å². The van der Waals surface area contributed by atoms with Crippen LogP contribution in [0.25, 0.3) is 0 Å². The van der Waals surface area contributed by atoms with Crippen LogP contribution in [-0.2, 0) is 6.42 Å². The molecule has 1 aliphatic carbocycles. The van der Waals surface area contributed by atoms with Gasteiger partial charge in [0.15, 0.2) is 0 Å². The summed E-state index contributed by atoms with van der Waals surface area (Å²) in [6, 6.07) is 19.6. The lowest BCUT2D eigenvalue weighted by Gasteiger charge is -2.16. The maximum absolute atomic E-state index is 6.05. The van der Waals surface area contributed by atoms with Crippen molar-refractivity contribution in [3.8, 4) is 0 Å². The van der Waals surface area contributed by atoms with Crippen LogP contribution >= 0.6 is 0 Å². The molecule has 2 N–H and O–H groups in total. The highest BCUT2D eigenvalue weighted by molar-refractivity contribution is 5.29. The normalized spacial score (nSPS) is 22.5. The summed E-state index contributed by atoms with van der Waals surface area (Å²) < 4.78 is 0. The van der Waals surface area contributed by atoms with Gasteiger partial charge in [-0.25, -0.2) is 0 Å². The summed E-state index contributed by atoms with van der Waals surface area (Å²) in [5.41, 5.74) is 10.4. The van der Waals surface area contributed by atoms with E-state index in [0.717, 1.165) is 24.8 Å². The zero-order valence-electron chi connectivity index (χ0n) is 12.1. The summed E-state index contributed by atoms with van der Waals surface area (Å²) in [5.74, 6) is 2.11. The molecular weight excluding hydrogens is 242 g/mol. The topological polar surface area (TPSA) is 26.0 Å². The van der Waals surface area contributed by atoms with Gasteiger partial charge in [0.1, 0.15) is 0 Å². The highest BCUT2D eigenvalue weighted by atomic mass is 14.6. The van der Waals surface area contributed by atoms with E-state index in [0.29, 0.717) is 5.92 Å². The minimum absolute atomic E-state index is 0.612. The number of benzene rings is 2. The maximum atomic E-state index is 6.05. The second-order valence-electron chi connectivity index (χ2n) is 6.04. The quantitative estimate of drug-likeness (QED) is 0.871. The van der Waals surface area contributed by atoms with Crippen LogP contribution in [0.1, 0.15) is 29.0 Å². The average Bonchev–Trinajstić information content (AvgIpc) is 3.28. The van der Waals surface area contributed by atoms with E-state index in [4.69, 9.17) is 5.73 Å². The van der Waals surface area contributed by atoms with Gasteiger partial charge in [0.25, 0.3) is 0 Å². The van der Waals surface area contributed by atoms with Crippen LogP contribution in [-0.4, -0.2) is 6.54 Å². The Bertz CT molecular complexity index is 561. The maximum Gasteiger partial charge on any atom is -0.00428 e. The van der Waals surface area contributed by atoms with Gasteiger partial charge in [-0.15, -0.1) is 0 Å². The van der Waals surface area contributed by atoms with Crippen LogP contribution < -0.4 is 5.73 Å². The van der Waals surface area contributed by atoms with E-state index in [1.807, 2.05) is 0 Å². The van der Waals surface area contributed by atoms with Crippen molar-refractivity contribution < 1.29 is 0 Å². The Labute approximate surface area is 121 Å². The molecule has 20 heavy (non-hydrogen) atoms. The Balaban J connectivity index is 1.69. The summed E-state index contributed by atoms with van der Waals surface area (Å²) in [6.07, 6.45) is 2.43. The Hall–Kier alpha value is -1.60. The predicted molar refractivity (Wildman–Crippen MR) is 84.7 cm³/mol. The Morgan fingerprint density at radius 3 is 2.45 bits per heavy atom. The molecule has 0 heterocycles. The van der Waals surface area contributed by atoms with Crippen LogP contribution in [0.2, 0.25) is 0 Å². The molecule has 1 heteroatoms. The molecule has 0 aromatic heterocycles. The first-order valence-corrected chi connectivity index (χ1v) is 7.59. The Morgan fingerprint density at radius 2 is 1.75 bits per heavy atom. The van der Waals surface area contributed by atoms with E-state index in [1.54, 1.807) is 0 Å². The van der Waals surface area contributed by atoms with Gasteiger partial charge in [-0.1, -0.05) is 54.6 Å². The third-order valence-electron chi connectivity index (χ3n) is 4.72. The zero-order valence-corrected chi connectivity index (χ0v) is 12.1. The van der Waals surface area contributed by atoms with Crippen LogP contribution in [0.5, 0.6) is 0 Å². The number of hydrogen-bond donors (Lipinski definition) is 1. The lowest BCUT2D eigenvalue weighted by atomic mass is 9.90. The molecule has 1 fully saturated rings. The van der Waals surface area contributed by atoms with Gasteiger partial charge in [-0.3, -0.25) is 0 Å². The van der Waals surface area contributed by atoms with E-state index in [9.17, 15) is 0 Å². The number of rotatable bonds is 5. The average molecular weight is 265 g/mol. The molecule has 104 valence electrons. The summed E-state index contributed by atoms with van der Waals surface area (Å²) in [4.78, 5) is 0. The molecule has 2 aromatic carbocycles. The Kier molecular flexibility index (Phi) is 3.88. The van der Waals surface area contributed by atoms with Crippen molar-refractivity contribution in [1.82, 2.24) is 0 Å². The van der Waals surface area contributed by atoms with Gasteiger partial charge in [-0.05, 0) is 60.8 Å². The lowest BCUT2D eigenvalue weighted by Crippen LogP contribution is -2.20. The third-order valence-corrected chi connectivity index (χ3v) is 4.72. The van der Waals surface area contributed by atoms with Crippen LogP contribution in [0.4, 0.5) is 0 Å². The predicted octanol–water partition coefficient (Wildman–Crippen LogP) is 3.92. The fraction of sp³-hybridized carbons (Fsp3) is 0.368. The molecule has 0 spiro atoms. The molecular formula is C19H23N. The van der Waals surface area contributed by atoms with Crippen molar-refractivity contribution in [2.45, 2.75) is 25.7 Å². The van der Waals surface area contributed by atoms with Gasteiger partial charge in [0, 0.05) is 0 Å². The van der Waals surface area contributed by atoms with Crippen LogP contribution in [0.15, 0.2) is 54.6 Å². The lowest BCUT2D eigenvalue weighted by molar-refractivity contribution is 0.460. The number of nitrogens with two attached hydrogens (primary N) is 1. The standard InChI is InChI=1S/C19H23N/c1-14-7-5-6-10-16(14)11-17(13-20)19-12-18(19)15-8-3-2-4-9-15/h2-10,17-19H,11-13,20H2,1H3. The molecule has 0 aliphatic heterocycles. The molecule has 0 amide bonds. The zero-order chi connectivity index (χ0) is 13.9. The summed E-state index contributed by atoms with van der Waals surface area (Å²) >= 11 is 0. The van der Waals surface area contributed by atoms with Crippen molar-refractivity contribution in [2.75, 3.05) is 6.54 Å². The highest BCUT2D eigenvalue weighted by Gasteiger charge is 2.42. The van der Waals surface area contributed by atoms with Crippen molar-refractivity contribution in [3.05, 3.63) is 71.3 Å². The fourth-order valence-corrected chi connectivity index (χ4v) is 3.35. The monoisotopic (exact) mass is 265 g/mol. The number of aryl methyl sites for hydroxylation is 1. The first-order valence-electron chi connectivity index (χ1n) is 7.59. The third kappa shape index (κ3) is 2.78. The molecule has 0 saturated heterocycles. The van der Waals surface area contributed by atoms with Crippen LogP contribution in [0.3, 0.4) is 0 Å². The molecule has 1 nitrogen and oxygen atoms in total. The molecule has 0 radical (unpaired) electrons. The fourth-order valence-electron chi connectivity index (χ4n) is 3.35. The van der Waals surface area contributed by atoms with E-state index in [-0.39, 0.29) is 0 Å². The molecule has 2 aromatic rings. The van der Waals surface area contributed by atoms with Gasteiger partial charge in [-0.2, -0.15) is 0 Å². The van der Waals surface area contributed by atoms with Gasteiger partial charge in [0.05, 0.1) is 0 Å². The van der Waals surface area contributed by atoms with Gasteiger partial charge in [0.2, 0.25) is 0 Å². The van der Waals surface area contributed by atoms with E-state index < -0.39 is 0 Å². The smallest absolute Gasteiger partial charge is 0.00428 e. The first-order chi connectivity index (χ1) is 9.79. The van der Waals surface area contributed by atoms with Crippen molar-refractivity contribution >= 4 is 0 Å². The minimum Gasteiger partial charge on any atom is -0.330 e. The first kappa shape index (κ1) is 13.4. The molecule has 3 atom stereocenters. The molecule has 3 rings (SSSR count). The van der Waals surface area contributed by atoms with Crippen molar-refractivity contribution in [2.24, 2.45) is 17.6 Å². The largest absolute Gasteiger partial charge is 0.330 e. The molecule has 1 saturated carbocycles. The molecule has 1 aliphatic rings. The minimum atomic E-state index is 0.612. The van der Waals surface area contributed by atoms with Gasteiger partial charge >= 0.3 is 0 Å². The number of hydrogen-bond acceptors (Lipinski definition) is 1. The summed E-state index contributed by atoms with van der Waals surface area (Å²) in [7, 11) is 0. The molecule has 3 unspecified atom stereocenters. The van der Waals surface area contributed by atoms with E-state index in [1.165, 1.54) is 23.1 Å². The SMILES string of the molecule is Cc1ccccc1CC(CN)C1CC1c1ccccc1. The van der Waals surface area contributed by atoms with Gasteiger partial charge < -0.3 is 5.73 Å². The van der Waals surface area contributed by atoms with Crippen molar-refractivity contribution in [1.29, 1.82) is 0 Å². The van der Waals surface area contributed by atoms with E-state index in [2.05, 4.69) is 61.5 Å². The Morgan fingerprint density at radius 1 is 1.05 bits per heavy atom. The van der Waals surface area contributed by atoms with Crippen molar-refractivity contribution in [3.63, 3.8) is 0 Å². The second-order valence-corrected chi connectivity index (χ2v) is 6.04. The van der Waals surface area contributed by atoms with Crippen LogP contribution in [0, 0.1) is 18.8 Å². The summed E-state index contributed by atoms with van der Waals surface area (Å²) in [6.45, 7) is 2.99. The summed E-state index contributed by atoms with van der Waals surface area (Å²) in [5, 5.41) is 0.